The summed E-state index contributed by atoms with van der Waals surface area (Å²) in [5, 5.41) is 5.45. The maximum absolute atomic E-state index is 10.8. The molecule has 0 aromatic rings. The van der Waals surface area contributed by atoms with E-state index in [2.05, 4.69) is 17.2 Å². The molecule has 0 bridgehead atoms. The number of rotatable bonds is 8. The predicted molar refractivity (Wildman–Crippen MR) is 50.1 cm³/mol. The molecule has 0 saturated carbocycles. The highest BCUT2D eigenvalue weighted by molar-refractivity contribution is 5.81. The summed E-state index contributed by atoms with van der Waals surface area (Å²) < 4.78 is 14.7. The molecule has 0 heterocycles. The zero-order valence-electron chi connectivity index (χ0n) is 8.41. The highest BCUT2D eigenvalue weighted by atomic mass is 16.9. The zero-order valence-corrected chi connectivity index (χ0v) is 8.41. The summed E-state index contributed by atoms with van der Waals surface area (Å²) in [7, 11) is 3.40. The van der Waals surface area contributed by atoms with Crippen molar-refractivity contribution in [2.24, 2.45) is 0 Å². The van der Waals surface area contributed by atoms with Gasteiger partial charge in [0.1, 0.15) is 13.5 Å². The van der Waals surface area contributed by atoms with Crippen molar-refractivity contribution >= 4 is 5.97 Å². The van der Waals surface area contributed by atoms with Gasteiger partial charge in [-0.3, -0.25) is 10.6 Å². The average molecular weight is 204 g/mol. The van der Waals surface area contributed by atoms with Crippen LogP contribution in [0.4, 0.5) is 0 Å². The minimum absolute atomic E-state index is 0.221. The van der Waals surface area contributed by atoms with E-state index in [1.807, 2.05) is 0 Å². The molecule has 0 aromatic carbocycles. The summed E-state index contributed by atoms with van der Waals surface area (Å²) in [6, 6.07) is 0. The quantitative estimate of drug-likeness (QED) is 0.312. The van der Waals surface area contributed by atoms with Gasteiger partial charge in [0.2, 0.25) is 0 Å². The van der Waals surface area contributed by atoms with E-state index in [0.29, 0.717) is 0 Å². The van der Waals surface area contributed by atoms with Crippen molar-refractivity contribution in [2.45, 2.75) is 6.48 Å². The van der Waals surface area contributed by atoms with Crippen molar-refractivity contribution in [3.63, 3.8) is 0 Å². The van der Waals surface area contributed by atoms with Gasteiger partial charge in [0.25, 0.3) is 0 Å². The molecular formula is C8H16N2O4. The summed E-state index contributed by atoms with van der Waals surface area (Å²) >= 11 is 0. The molecule has 0 spiro atoms. The molecule has 0 aromatic heterocycles. The van der Waals surface area contributed by atoms with Gasteiger partial charge >= 0.3 is 12.4 Å². The number of hydrogen-bond acceptors (Lipinski definition) is 6. The van der Waals surface area contributed by atoms with Gasteiger partial charge in [0, 0.05) is 6.08 Å². The van der Waals surface area contributed by atoms with Gasteiger partial charge in [0.15, 0.2) is 0 Å². The van der Waals surface area contributed by atoms with Gasteiger partial charge in [-0.15, -0.1) is 0 Å². The van der Waals surface area contributed by atoms with Gasteiger partial charge < -0.3 is 14.2 Å². The standard InChI is InChI=1S/C8H16N2O4/c1-4-7(11)14-8(12-5-9-2)13-6-10-3/h4,8-10H,1,5-6H2,2-3H3. The van der Waals surface area contributed by atoms with Crippen LogP contribution in [0.25, 0.3) is 0 Å². The lowest BCUT2D eigenvalue weighted by Crippen LogP contribution is -2.30. The molecule has 14 heavy (non-hydrogen) atoms. The molecular weight excluding hydrogens is 188 g/mol. The molecule has 0 radical (unpaired) electrons. The topological polar surface area (TPSA) is 68.8 Å². The van der Waals surface area contributed by atoms with E-state index in [-0.39, 0.29) is 13.5 Å². The number of ether oxygens (including phenoxy) is 3. The molecule has 6 nitrogen and oxygen atoms in total. The summed E-state index contributed by atoms with van der Waals surface area (Å²) in [5.41, 5.74) is 0. The molecule has 0 atom stereocenters. The third-order valence-corrected chi connectivity index (χ3v) is 1.11. The number of carbonyl (C=O) groups is 1. The van der Waals surface area contributed by atoms with Crippen LogP contribution >= 0.6 is 0 Å². The molecule has 0 unspecified atom stereocenters. The summed E-state index contributed by atoms with van der Waals surface area (Å²) in [6.45, 7) is 2.67. The monoisotopic (exact) mass is 204 g/mol. The third-order valence-electron chi connectivity index (χ3n) is 1.11. The second-order valence-electron chi connectivity index (χ2n) is 2.26. The van der Waals surface area contributed by atoms with Crippen LogP contribution < -0.4 is 10.6 Å². The maximum Gasteiger partial charge on any atom is 0.334 e. The fourth-order valence-electron chi connectivity index (χ4n) is 0.562. The number of esters is 1. The molecule has 0 fully saturated rings. The van der Waals surface area contributed by atoms with Crippen molar-refractivity contribution in [1.29, 1.82) is 0 Å². The maximum atomic E-state index is 10.8. The zero-order chi connectivity index (χ0) is 10.8. The SMILES string of the molecule is C=CC(=O)OC(OCNC)OCNC. The molecule has 0 saturated heterocycles. The Kier molecular flexibility index (Phi) is 8.05. The van der Waals surface area contributed by atoms with Crippen molar-refractivity contribution in [3.05, 3.63) is 12.7 Å². The smallest absolute Gasteiger partial charge is 0.334 e. The normalized spacial score (nSPS) is 10.2. The molecule has 82 valence electrons. The highest BCUT2D eigenvalue weighted by Gasteiger charge is 2.12. The van der Waals surface area contributed by atoms with Crippen LogP contribution in [0.1, 0.15) is 0 Å². The lowest BCUT2D eigenvalue weighted by atomic mass is 10.7. The van der Waals surface area contributed by atoms with E-state index >= 15 is 0 Å². The van der Waals surface area contributed by atoms with Crippen LogP contribution in [-0.4, -0.2) is 40.0 Å². The minimum Gasteiger partial charge on any atom is -0.407 e. The lowest BCUT2D eigenvalue weighted by Gasteiger charge is -2.17. The van der Waals surface area contributed by atoms with E-state index in [1.165, 1.54) is 0 Å². The molecule has 2 N–H and O–H groups in total. The van der Waals surface area contributed by atoms with E-state index < -0.39 is 12.4 Å². The fourth-order valence-corrected chi connectivity index (χ4v) is 0.562. The fraction of sp³-hybridized carbons (Fsp3) is 0.625. The summed E-state index contributed by atoms with van der Waals surface area (Å²) in [4.78, 5) is 10.8. The molecule has 6 heteroatoms. The third kappa shape index (κ3) is 6.55. The largest absolute Gasteiger partial charge is 0.407 e. The van der Waals surface area contributed by atoms with Crippen LogP contribution in [0, 0.1) is 0 Å². The Labute approximate surface area is 83.2 Å². The minimum atomic E-state index is -1.03. The van der Waals surface area contributed by atoms with E-state index in [4.69, 9.17) is 14.2 Å². The molecule has 0 rings (SSSR count). The van der Waals surface area contributed by atoms with Crippen molar-refractivity contribution < 1.29 is 19.0 Å². The van der Waals surface area contributed by atoms with E-state index in [1.54, 1.807) is 14.1 Å². The van der Waals surface area contributed by atoms with Crippen LogP contribution in [-0.2, 0) is 19.0 Å². The highest BCUT2D eigenvalue weighted by Crippen LogP contribution is 1.97. The lowest BCUT2D eigenvalue weighted by molar-refractivity contribution is -0.276. The molecule has 0 amide bonds. The van der Waals surface area contributed by atoms with E-state index in [9.17, 15) is 4.79 Å². The first-order valence-electron chi connectivity index (χ1n) is 4.10. The Morgan fingerprint density at radius 3 is 2.21 bits per heavy atom. The Morgan fingerprint density at radius 1 is 1.36 bits per heavy atom. The Balaban J connectivity index is 3.82. The summed E-state index contributed by atoms with van der Waals surface area (Å²) in [6.07, 6.45) is 1.04. The van der Waals surface area contributed by atoms with Crippen LogP contribution in [0.5, 0.6) is 0 Å². The second kappa shape index (κ2) is 8.64. The van der Waals surface area contributed by atoms with Crippen LogP contribution in [0.2, 0.25) is 0 Å². The van der Waals surface area contributed by atoms with Gasteiger partial charge in [0.05, 0.1) is 0 Å². The first-order valence-corrected chi connectivity index (χ1v) is 4.10. The first kappa shape index (κ1) is 13.1. The van der Waals surface area contributed by atoms with Gasteiger partial charge in [-0.25, -0.2) is 4.79 Å². The predicted octanol–water partition coefficient (Wildman–Crippen LogP) is -0.614. The van der Waals surface area contributed by atoms with Crippen molar-refractivity contribution in [1.82, 2.24) is 10.6 Å². The molecule has 0 aliphatic heterocycles. The Morgan fingerprint density at radius 2 is 1.86 bits per heavy atom. The van der Waals surface area contributed by atoms with Crippen molar-refractivity contribution in [2.75, 3.05) is 27.6 Å². The molecule has 0 aliphatic rings. The second-order valence-corrected chi connectivity index (χ2v) is 2.26. The van der Waals surface area contributed by atoms with Crippen LogP contribution in [0.3, 0.4) is 0 Å². The average Bonchev–Trinajstić information content (AvgIpc) is 2.21. The first-order chi connectivity index (χ1) is 6.74. The Bertz CT molecular complexity index is 167. The van der Waals surface area contributed by atoms with Crippen molar-refractivity contribution in [3.8, 4) is 0 Å². The summed E-state index contributed by atoms with van der Waals surface area (Å²) in [5.74, 6) is -0.595. The number of carbonyl (C=O) groups excluding carboxylic acids is 1. The van der Waals surface area contributed by atoms with Crippen LogP contribution in [0.15, 0.2) is 12.7 Å². The van der Waals surface area contributed by atoms with Gasteiger partial charge in [-0.2, -0.15) is 0 Å². The Hall–Kier alpha value is -0.950. The van der Waals surface area contributed by atoms with Gasteiger partial charge in [-0.05, 0) is 14.1 Å². The van der Waals surface area contributed by atoms with E-state index in [0.717, 1.165) is 6.08 Å². The van der Waals surface area contributed by atoms with Gasteiger partial charge in [-0.1, -0.05) is 6.58 Å². The molecule has 0 aliphatic carbocycles. The number of hydrogen-bond donors (Lipinski definition) is 2. The number of nitrogens with one attached hydrogen (secondary N) is 2.